The molecule has 10 heteroatoms. The maximum Gasteiger partial charge on any atom is 0.356 e. The number of methoxy groups -OCH3 is 1. The Hall–Kier alpha value is -2.15. The van der Waals surface area contributed by atoms with E-state index < -0.39 is 35.3 Å². The maximum absolute atomic E-state index is 14.8. The first kappa shape index (κ1) is 19.6. The standard InChI is InChI=1S/C17H14ClFNO5PS/c1-25-17(21)15-16(26(2)22)13-12(9-8-11(18)14(13)19)20(15)27(23,24)10-6-4-3-5-7-10/h3-9,26H,1-2H3. The Bertz CT molecular complexity index is 1190. The number of ether oxygens (including phenoxy) is 1. The molecule has 0 spiro atoms. The molecule has 0 N–H and O–H groups in total. The first-order valence-corrected chi connectivity index (χ1v) is 11.4. The van der Waals surface area contributed by atoms with Gasteiger partial charge in [-0.15, -0.1) is 0 Å². The van der Waals surface area contributed by atoms with E-state index >= 15 is 0 Å². The Balaban J connectivity index is 2.58. The van der Waals surface area contributed by atoms with Gasteiger partial charge in [0.15, 0.2) is 11.5 Å². The normalized spacial score (nSPS) is 12.9. The van der Waals surface area contributed by atoms with Crippen molar-refractivity contribution >= 4 is 51.6 Å². The van der Waals surface area contributed by atoms with Gasteiger partial charge in [-0.05, 0) is 30.9 Å². The van der Waals surface area contributed by atoms with Crippen LogP contribution in [-0.2, 0) is 19.3 Å². The van der Waals surface area contributed by atoms with E-state index in [2.05, 4.69) is 0 Å². The van der Waals surface area contributed by atoms with Crippen molar-refractivity contribution in [2.75, 3.05) is 13.8 Å². The van der Waals surface area contributed by atoms with E-state index in [1.54, 1.807) is 6.07 Å². The number of aromatic nitrogens is 1. The zero-order valence-corrected chi connectivity index (χ0v) is 16.8. The van der Waals surface area contributed by atoms with Gasteiger partial charge in [-0.1, -0.05) is 29.8 Å². The molecule has 27 heavy (non-hydrogen) atoms. The van der Waals surface area contributed by atoms with Crippen LogP contribution in [0, 0.1) is 5.82 Å². The Labute approximate surface area is 160 Å². The molecule has 0 fully saturated rings. The highest BCUT2D eigenvalue weighted by molar-refractivity contribution is 7.90. The second kappa shape index (κ2) is 7.11. The topological polar surface area (TPSA) is 82.4 Å². The monoisotopic (exact) mass is 429 g/mol. The summed E-state index contributed by atoms with van der Waals surface area (Å²) in [5, 5.41) is -0.771. The minimum atomic E-state index is -4.31. The third-order valence-electron chi connectivity index (χ3n) is 3.99. The first-order valence-electron chi connectivity index (χ1n) is 7.64. The van der Waals surface area contributed by atoms with Crippen LogP contribution < -0.4 is 5.30 Å². The number of carbonyl (C=O) groups is 1. The second-order valence-electron chi connectivity index (χ2n) is 5.61. The van der Waals surface area contributed by atoms with Gasteiger partial charge < -0.3 is 9.30 Å². The maximum atomic E-state index is 14.8. The summed E-state index contributed by atoms with van der Waals surface area (Å²) in [6.07, 6.45) is 0. The van der Waals surface area contributed by atoms with Crippen LogP contribution in [-0.4, -0.2) is 32.1 Å². The van der Waals surface area contributed by atoms with Crippen molar-refractivity contribution in [3.63, 3.8) is 0 Å². The van der Waals surface area contributed by atoms with Crippen LogP contribution in [0.4, 0.5) is 4.39 Å². The molecule has 1 atom stereocenters. The quantitative estimate of drug-likeness (QED) is 0.469. The smallest absolute Gasteiger partial charge is 0.356 e. The molecule has 0 saturated carbocycles. The number of halogens is 2. The largest absolute Gasteiger partial charge is 0.464 e. The molecule has 2 aromatic carbocycles. The number of nitrogens with zero attached hydrogens (tertiary/aromatic N) is 1. The van der Waals surface area contributed by atoms with E-state index in [1.165, 1.54) is 43.1 Å². The lowest BCUT2D eigenvalue weighted by molar-refractivity contribution is 0.0594. The molecule has 6 nitrogen and oxygen atoms in total. The number of benzene rings is 2. The average Bonchev–Trinajstić information content (AvgIpc) is 3.01. The lowest BCUT2D eigenvalue weighted by Crippen LogP contribution is -2.23. The molecule has 3 rings (SSSR count). The number of esters is 1. The van der Waals surface area contributed by atoms with Gasteiger partial charge in [0.05, 0.1) is 27.8 Å². The highest BCUT2D eigenvalue weighted by Gasteiger charge is 2.34. The van der Waals surface area contributed by atoms with Gasteiger partial charge in [-0.25, -0.2) is 21.6 Å². The second-order valence-corrected chi connectivity index (χ2v) is 9.42. The summed E-state index contributed by atoms with van der Waals surface area (Å²) in [4.78, 5) is 12.3. The van der Waals surface area contributed by atoms with Gasteiger partial charge in [-0.3, -0.25) is 0 Å². The number of hydrogen-bond donors (Lipinski definition) is 0. The molecule has 1 unspecified atom stereocenters. The number of rotatable bonds is 4. The summed E-state index contributed by atoms with van der Waals surface area (Å²) < 4.78 is 59.0. The van der Waals surface area contributed by atoms with Crippen molar-refractivity contribution in [1.82, 2.24) is 3.97 Å². The molecule has 0 bridgehead atoms. The molecular weight excluding hydrogens is 416 g/mol. The first-order chi connectivity index (χ1) is 12.7. The van der Waals surface area contributed by atoms with Crippen molar-refractivity contribution in [2.24, 2.45) is 0 Å². The van der Waals surface area contributed by atoms with Gasteiger partial charge in [0, 0.05) is 5.39 Å². The fourth-order valence-electron chi connectivity index (χ4n) is 2.86. The van der Waals surface area contributed by atoms with Crippen molar-refractivity contribution < 1.29 is 26.9 Å². The molecule has 0 aliphatic heterocycles. The Morgan fingerprint density at radius 3 is 2.37 bits per heavy atom. The summed E-state index contributed by atoms with van der Waals surface area (Å²) >= 11 is 5.83. The number of carbonyl (C=O) groups excluding carboxylic acids is 1. The minimum Gasteiger partial charge on any atom is -0.464 e. The third kappa shape index (κ3) is 3.08. The van der Waals surface area contributed by atoms with Gasteiger partial charge in [0.2, 0.25) is 0 Å². The van der Waals surface area contributed by atoms with E-state index in [0.29, 0.717) is 3.97 Å². The van der Waals surface area contributed by atoms with Gasteiger partial charge in [0.1, 0.15) is 7.80 Å². The van der Waals surface area contributed by atoms with Gasteiger partial charge in [-0.2, -0.15) is 0 Å². The summed E-state index contributed by atoms with van der Waals surface area (Å²) in [6.45, 7) is 1.28. The molecule has 1 aromatic heterocycles. The average molecular weight is 430 g/mol. The molecule has 0 aliphatic carbocycles. The van der Waals surface area contributed by atoms with Crippen LogP contribution in [0.2, 0.25) is 5.02 Å². The van der Waals surface area contributed by atoms with E-state index in [9.17, 15) is 22.2 Å². The Kier molecular flexibility index (Phi) is 5.16. The van der Waals surface area contributed by atoms with Crippen LogP contribution in [0.1, 0.15) is 10.5 Å². The molecule has 0 radical (unpaired) electrons. The molecule has 0 amide bonds. The van der Waals surface area contributed by atoms with Crippen molar-refractivity contribution in [2.45, 2.75) is 4.90 Å². The van der Waals surface area contributed by atoms with E-state index in [4.69, 9.17) is 16.3 Å². The van der Waals surface area contributed by atoms with Crippen molar-refractivity contribution in [3.8, 4) is 0 Å². The SMILES string of the molecule is COC(=O)c1c([PH](C)=O)c2c(F)c(Cl)ccc2n1S(=O)(=O)c1ccccc1. The predicted octanol–water partition coefficient (Wildman–Crippen LogP) is 3.27. The van der Waals surface area contributed by atoms with Crippen LogP contribution in [0.25, 0.3) is 10.9 Å². The predicted molar refractivity (Wildman–Crippen MR) is 102 cm³/mol. The van der Waals surface area contributed by atoms with E-state index in [0.717, 1.165) is 7.11 Å². The van der Waals surface area contributed by atoms with E-state index in [1.807, 2.05) is 0 Å². The molecule has 0 saturated heterocycles. The zero-order chi connectivity index (χ0) is 19.9. The Morgan fingerprint density at radius 1 is 1.19 bits per heavy atom. The van der Waals surface area contributed by atoms with Crippen LogP contribution in [0.15, 0.2) is 47.4 Å². The molecule has 142 valence electrons. The summed E-state index contributed by atoms with van der Waals surface area (Å²) in [5.41, 5.74) is -0.639. The highest BCUT2D eigenvalue weighted by atomic mass is 35.5. The van der Waals surface area contributed by atoms with E-state index in [-0.39, 0.29) is 26.1 Å². The van der Waals surface area contributed by atoms with Gasteiger partial charge >= 0.3 is 5.97 Å². The number of fused-ring (bicyclic) bond motifs is 1. The summed E-state index contributed by atoms with van der Waals surface area (Å²) in [6, 6.07) is 9.76. The molecule has 3 aromatic rings. The zero-order valence-electron chi connectivity index (χ0n) is 14.2. The lowest BCUT2D eigenvalue weighted by atomic mass is 10.2. The summed E-state index contributed by atoms with van der Waals surface area (Å²) in [7, 11) is -5.97. The fraction of sp³-hybridized carbons (Fsp3) is 0.118. The van der Waals surface area contributed by atoms with Crippen molar-refractivity contribution in [1.29, 1.82) is 0 Å². The third-order valence-corrected chi connectivity index (χ3v) is 7.20. The number of hydrogen-bond acceptors (Lipinski definition) is 5. The molecular formula is C17H14ClFNO5PS. The van der Waals surface area contributed by atoms with Crippen LogP contribution in [0.3, 0.4) is 0 Å². The van der Waals surface area contributed by atoms with Crippen molar-refractivity contribution in [3.05, 3.63) is 59.0 Å². The highest BCUT2D eigenvalue weighted by Crippen LogP contribution is 2.35. The van der Waals surface area contributed by atoms with Gasteiger partial charge in [0.25, 0.3) is 10.0 Å². The van der Waals surface area contributed by atoms with Crippen LogP contribution >= 0.6 is 19.4 Å². The van der Waals surface area contributed by atoms with Crippen LogP contribution in [0.5, 0.6) is 0 Å². The fourth-order valence-corrected chi connectivity index (χ4v) is 5.76. The summed E-state index contributed by atoms with van der Waals surface area (Å²) in [5.74, 6) is -1.99. The molecule has 0 aliphatic rings. The molecule has 1 heterocycles. The Morgan fingerprint density at radius 2 is 1.81 bits per heavy atom. The lowest BCUT2D eigenvalue weighted by Gasteiger charge is -2.11. The minimum absolute atomic E-state index is 0.121.